The zero-order valence-electron chi connectivity index (χ0n) is 18.1. The maximum Gasteiger partial charge on any atom is 0.264 e. The largest absolute Gasteiger partial charge is 0.376 e. The van der Waals surface area contributed by atoms with E-state index in [4.69, 9.17) is 4.74 Å². The smallest absolute Gasteiger partial charge is 0.264 e. The Morgan fingerprint density at radius 1 is 1.28 bits per heavy atom. The first-order chi connectivity index (χ1) is 15.4. The SMILES string of the molecule is Cc1nn(Cc2ccccc2)c2sc(C(=O)N(C[C@@H]3CCCO3)[C@@H]3CCS(=O)(=O)C3)cc12. The van der Waals surface area contributed by atoms with E-state index in [0.29, 0.717) is 31.0 Å². The summed E-state index contributed by atoms with van der Waals surface area (Å²) in [7, 11) is -3.10. The van der Waals surface area contributed by atoms with Crippen molar-refractivity contribution in [2.45, 2.75) is 44.9 Å². The zero-order chi connectivity index (χ0) is 22.3. The molecule has 0 unspecified atom stereocenters. The van der Waals surface area contributed by atoms with E-state index in [-0.39, 0.29) is 29.6 Å². The van der Waals surface area contributed by atoms with E-state index in [1.54, 1.807) is 4.90 Å². The third-order valence-corrected chi connectivity index (χ3v) is 9.21. The van der Waals surface area contributed by atoms with Crippen LogP contribution in [0.3, 0.4) is 0 Å². The predicted molar refractivity (Wildman–Crippen MR) is 125 cm³/mol. The maximum absolute atomic E-state index is 13.6. The van der Waals surface area contributed by atoms with Gasteiger partial charge in [-0.3, -0.25) is 9.48 Å². The number of thiophene rings is 1. The quantitative estimate of drug-likeness (QED) is 0.549. The van der Waals surface area contributed by atoms with Crippen LogP contribution in [0.2, 0.25) is 0 Å². The van der Waals surface area contributed by atoms with Crippen LogP contribution in [-0.4, -0.2) is 65.8 Å². The molecule has 9 heteroatoms. The summed E-state index contributed by atoms with van der Waals surface area (Å²) >= 11 is 1.44. The molecular weight excluding hydrogens is 446 g/mol. The Balaban J connectivity index is 1.45. The van der Waals surface area contributed by atoms with Crippen molar-refractivity contribution in [2.75, 3.05) is 24.7 Å². The molecule has 2 fully saturated rings. The molecule has 1 aromatic carbocycles. The van der Waals surface area contributed by atoms with Gasteiger partial charge in [0.15, 0.2) is 9.84 Å². The van der Waals surface area contributed by atoms with Crippen molar-refractivity contribution in [2.24, 2.45) is 0 Å². The molecule has 7 nitrogen and oxygen atoms in total. The number of aryl methyl sites for hydroxylation is 1. The predicted octanol–water partition coefficient (Wildman–Crippen LogP) is 3.26. The van der Waals surface area contributed by atoms with E-state index in [0.717, 1.165) is 34.3 Å². The van der Waals surface area contributed by atoms with Gasteiger partial charge in [0.25, 0.3) is 5.91 Å². The van der Waals surface area contributed by atoms with Crippen LogP contribution in [0.4, 0.5) is 0 Å². The number of nitrogens with zero attached hydrogens (tertiary/aromatic N) is 3. The molecule has 2 saturated heterocycles. The molecule has 2 aliphatic rings. The van der Waals surface area contributed by atoms with Crippen molar-refractivity contribution in [1.29, 1.82) is 0 Å². The average Bonchev–Trinajstić information content (AvgIpc) is 3.54. The molecule has 2 atom stereocenters. The highest BCUT2D eigenvalue weighted by molar-refractivity contribution is 7.91. The van der Waals surface area contributed by atoms with Crippen molar-refractivity contribution in [3.05, 3.63) is 52.5 Å². The fourth-order valence-electron chi connectivity index (χ4n) is 4.65. The van der Waals surface area contributed by atoms with Gasteiger partial charge in [0, 0.05) is 24.6 Å². The third kappa shape index (κ3) is 4.33. The Labute approximate surface area is 191 Å². The number of rotatable bonds is 6. The minimum atomic E-state index is -3.10. The number of carbonyl (C=O) groups excluding carboxylic acids is 1. The molecule has 1 amide bonds. The van der Waals surface area contributed by atoms with Gasteiger partial charge in [0.1, 0.15) is 4.83 Å². The lowest BCUT2D eigenvalue weighted by Gasteiger charge is -2.30. The van der Waals surface area contributed by atoms with Crippen LogP contribution in [0.1, 0.15) is 40.2 Å². The van der Waals surface area contributed by atoms with Crippen LogP contribution in [-0.2, 0) is 21.1 Å². The third-order valence-electron chi connectivity index (χ3n) is 6.33. The van der Waals surface area contributed by atoms with Crippen LogP contribution >= 0.6 is 11.3 Å². The van der Waals surface area contributed by atoms with Gasteiger partial charge in [-0.2, -0.15) is 5.10 Å². The highest BCUT2D eigenvalue weighted by Gasteiger charge is 2.37. The van der Waals surface area contributed by atoms with E-state index in [1.165, 1.54) is 11.3 Å². The fraction of sp³-hybridized carbons (Fsp3) is 0.478. The lowest BCUT2D eigenvalue weighted by atomic mass is 10.1. The minimum absolute atomic E-state index is 0.0214. The second kappa shape index (κ2) is 8.61. The Morgan fingerprint density at radius 2 is 2.09 bits per heavy atom. The van der Waals surface area contributed by atoms with Crippen LogP contribution < -0.4 is 0 Å². The van der Waals surface area contributed by atoms with E-state index in [9.17, 15) is 13.2 Å². The molecule has 2 aliphatic heterocycles. The number of benzene rings is 1. The summed E-state index contributed by atoms with van der Waals surface area (Å²) in [5, 5.41) is 5.65. The summed E-state index contributed by atoms with van der Waals surface area (Å²) in [5.74, 6) is 0.0799. The normalized spacial score (nSPS) is 22.5. The van der Waals surface area contributed by atoms with Gasteiger partial charge in [0.05, 0.1) is 34.7 Å². The van der Waals surface area contributed by atoms with Gasteiger partial charge in [0.2, 0.25) is 0 Å². The molecule has 0 saturated carbocycles. The number of aromatic nitrogens is 2. The zero-order valence-corrected chi connectivity index (χ0v) is 19.7. The number of fused-ring (bicyclic) bond motifs is 1. The van der Waals surface area contributed by atoms with Crippen LogP contribution in [0, 0.1) is 6.92 Å². The molecule has 5 rings (SSSR count). The molecule has 3 aromatic rings. The molecule has 32 heavy (non-hydrogen) atoms. The highest BCUT2D eigenvalue weighted by atomic mass is 32.2. The Morgan fingerprint density at radius 3 is 2.78 bits per heavy atom. The molecule has 0 radical (unpaired) electrons. The summed E-state index contributed by atoms with van der Waals surface area (Å²) < 4.78 is 32.0. The standard InChI is InChI=1S/C23H27N3O4S2/c1-16-20-12-21(31-23(20)26(24-16)13-17-6-3-2-4-7-17)22(27)25(14-19-8-5-10-30-19)18-9-11-32(28,29)15-18/h2-4,6-7,12,18-19H,5,8-11,13-15H2,1H3/t18-,19+/m1/s1. The van der Waals surface area contributed by atoms with Crippen LogP contribution in [0.25, 0.3) is 10.2 Å². The van der Waals surface area contributed by atoms with Gasteiger partial charge in [-0.15, -0.1) is 11.3 Å². The summed E-state index contributed by atoms with van der Waals surface area (Å²) in [6.07, 6.45) is 2.35. The van der Waals surface area contributed by atoms with Crippen LogP contribution in [0.15, 0.2) is 36.4 Å². The number of amides is 1. The highest BCUT2D eigenvalue weighted by Crippen LogP contribution is 2.31. The molecule has 0 N–H and O–H groups in total. The molecule has 0 aliphatic carbocycles. The summed E-state index contributed by atoms with van der Waals surface area (Å²) in [6.45, 7) is 3.74. The van der Waals surface area contributed by atoms with Gasteiger partial charge in [-0.1, -0.05) is 30.3 Å². The monoisotopic (exact) mass is 473 g/mol. The van der Waals surface area contributed by atoms with Gasteiger partial charge >= 0.3 is 0 Å². The number of ether oxygens (including phenoxy) is 1. The lowest BCUT2D eigenvalue weighted by molar-refractivity contribution is 0.0445. The lowest BCUT2D eigenvalue weighted by Crippen LogP contribution is -2.45. The Bertz CT molecular complexity index is 1230. The first-order valence-corrected chi connectivity index (χ1v) is 13.7. The first kappa shape index (κ1) is 21.6. The molecule has 0 bridgehead atoms. The molecular formula is C23H27N3O4S2. The molecule has 0 spiro atoms. The topological polar surface area (TPSA) is 81.5 Å². The first-order valence-electron chi connectivity index (χ1n) is 11.0. The van der Waals surface area contributed by atoms with Crippen molar-refractivity contribution in [3.63, 3.8) is 0 Å². The van der Waals surface area contributed by atoms with Gasteiger partial charge < -0.3 is 9.64 Å². The van der Waals surface area contributed by atoms with E-state index < -0.39 is 9.84 Å². The van der Waals surface area contributed by atoms with Crippen molar-refractivity contribution in [3.8, 4) is 0 Å². The maximum atomic E-state index is 13.6. The second-order valence-corrected chi connectivity index (χ2v) is 12.0. The fourth-order valence-corrected chi connectivity index (χ4v) is 7.50. The summed E-state index contributed by atoms with van der Waals surface area (Å²) in [4.78, 5) is 17.0. The van der Waals surface area contributed by atoms with Crippen LogP contribution in [0.5, 0.6) is 0 Å². The van der Waals surface area contributed by atoms with Crippen molar-refractivity contribution < 1.29 is 17.9 Å². The summed E-state index contributed by atoms with van der Waals surface area (Å²) in [5.41, 5.74) is 2.04. The van der Waals surface area contributed by atoms with E-state index in [1.807, 2.05) is 35.9 Å². The van der Waals surface area contributed by atoms with Crippen molar-refractivity contribution in [1.82, 2.24) is 14.7 Å². The Hall–Kier alpha value is -2.23. The number of hydrogen-bond acceptors (Lipinski definition) is 6. The van der Waals surface area contributed by atoms with Gasteiger partial charge in [-0.05, 0) is 37.8 Å². The van der Waals surface area contributed by atoms with E-state index in [2.05, 4.69) is 17.2 Å². The summed E-state index contributed by atoms with van der Waals surface area (Å²) in [6, 6.07) is 11.7. The van der Waals surface area contributed by atoms with Gasteiger partial charge in [-0.25, -0.2) is 8.42 Å². The second-order valence-electron chi connectivity index (χ2n) is 8.71. The number of carbonyl (C=O) groups is 1. The Kier molecular flexibility index (Phi) is 5.81. The number of hydrogen-bond donors (Lipinski definition) is 0. The number of sulfone groups is 1. The van der Waals surface area contributed by atoms with Crippen molar-refractivity contribution >= 4 is 37.3 Å². The average molecular weight is 474 g/mol. The molecule has 2 aromatic heterocycles. The molecule has 4 heterocycles. The molecule has 170 valence electrons. The minimum Gasteiger partial charge on any atom is -0.376 e. The van der Waals surface area contributed by atoms with E-state index >= 15 is 0 Å².